The second kappa shape index (κ2) is 12.3. The third-order valence-corrected chi connectivity index (χ3v) is 6.39. The number of amides is 3. The molecule has 0 radical (unpaired) electrons. The molecular formula is C24H32N4O3S. The number of hydrogen-bond donors (Lipinski definition) is 2. The summed E-state index contributed by atoms with van der Waals surface area (Å²) in [6, 6.07) is 9.32. The molecule has 0 aliphatic heterocycles. The summed E-state index contributed by atoms with van der Waals surface area (Å²) in [6.45, 7) is 2.36. The molecule has 2 aromatic rings. The van der Waals surface area contributed by atoms with E-state index in [-0.39, 0.29) is 36.6 Å². The number of nitrogens with zero attached hydrogens (tertiary/aromatic N) is 2. The van der Waals surface area contributed by atoms with Gasteiger partial charge < -0.3 is 15.5 Å². The van der Waals surface area contributed by atoms with Gasteiger partial charge in [0.2, 0.25) is 17.7 Å². The molecule has 2 N–H and O–H groups in total. The van der Waals surface area contributed by atoms with Gasteiger partial charge >= 0.3 is 0 Å². The van der Waals surface area contributed by atoms with Crippen molar-refractivity contribution < 1.29 is 14.4 Å². The third-order valence-electron chi connectivity index (χ3n) is 5.70. The van der Waals surface area contributed by atoms with E-state index in [2.05, 4.69) is 15.6 Å². The number of hydrogen-bond acceptors (Lipinski definition) is 5. The van der Waals surface area contributed by atoms with Crippen molar-refractivity contribution in [2.45, 2.75) is 76.9 Å². The van der Waals surface area contributed by atoms with Crippen LogP contribution in [-0.2, 0) is 20.9 Å². The van der Waals surface area contributed by atoms with E-state index in [9.17, 15) is 14.4 Å². The van der Waals surface area contributed by atoms with E-state index in [1.807, 2.05) is 37.3 Å². The number of carbonyl (C=O) groups is 3. The van der Waals surface area contributed by atoms with Crippen LogP contribution in [0.3, 0.4) is 0 Å². The maximum absolute atomic E-state index is 13.3. The van der Waals surface area contributed by atoms with E-state index in [4.69, 9.17) is 0 Å². The normalized spacial score (nSPS) is 14.7. The Morgan fingerprint density at radius 2 is 1.91 bits per heavy atom. The molecule has 3 amide bonds. The van der Waals surface area contributed by atoms with Crippen molar-refractivity contribution in [3.63, 3.8) is 0 Å². The average molecular weight is 457 g/mol. The molecule has 1 fully saturated rings. The third kappa shape index (κ3) is 7.15. The molecule has 1 aliphatic carbocycles. The summed E-state index contributed by atoms with van der Waals surface area (Å²) in [4.78, 5) is 44.4. The van der Waals surface area contributed by atoms with Gasteiger partial charge in [0, 0.05) is 37.0 Å². The fraction of sp³-hybridized carbons (Fsp3) is 0.500. The van der Waals surface area contributed by atoms with E-state index in [0.29, 0.717) is 18.1 Å². The first-order chi connectivity index (χ1) is 15.6. The molecule has 32 heavy (non-hydrogen) atoms. The van der Waals surface area contributed by atoms with E-state index in [1.165, 1.54) is 11.3 Å². The van der Waals surface area contributed by atoms with Crippen molar-refractivity contribution in [3.8, 4) is 0 Å². The van der Waals surface area contributed by atoms with Gasteiger partial charge in [-0.1, -0.05) is 56.5 Å². The molecular weight excluding hydrogens is 424 g/mol. The molecule has 8 heteroatoms. The molecule has 3 rings (SSSR count). The highest BCUT2D eigenvalue weighted by Gasteiger charge is 2.31. The number of anilines is 1. The molecule has 1 saturated carbocycles. The average Bonchev–Trinajstić information content (AvgIpc) is 3.49. The number of benzene rings is 1. The first kappa shape index (κ1) is 23.9. The number of nitrogens with one attached hydrogen (secondary N) is 2. The summed E-state index contributed by atoms with van der Waals surface area (Å²) in [7, 11) is 0. The fourth-order valence-corrected chi connectivity index (χ4v) is 4.60. The lowest BCUT2D eigenvalue weighted by molar-refractivity contribution is -0.142. The van der Waals surface area contributed by atoms with Crippen LogP contribution in [-0.4, -0.2) is 39.7 Å². The minimum absolute atomic E-state index is 0.0426. The van der Waals surface area contributed by atoms with Gasteiger partial charge in [-0.2, -0.15) is 0 Å². The predicted molar refractivity (Wildman–Crippen MR) is 126 cm³/mol. The lowest BCUT2D eigenvalue weighted by Crippen LogP contribution is -2.51. The summed E-state index contributed by atoms with van der Waals surface area (Å²) in [6.07, 6.45) is 7.32. The van der Waals surface area contributed by atoms with Crippen LogP contribution in [0.1, 0.15) is 63.9 Å². The zero-order valence-electron chi connectivity index (χ0n) is 18.6. The van der Waals surface area contributed by atoms with Gasteiger partial charge in [-0.25, -0.2) is 4.98 Å². The number of aromatic nitrogens is 1. The monoisotopic (exact) mass is 456 g/mol. The summed E-state index contributed by atoms with van der Waals surface area (Å²) < 4.78 is 0. The largest absolute Gasteiger partial charge is 0.352 e. The first-order valence-corrected chi connectivity index (χ1v) is 12.3. The van der Waals surface area contributed by atoms with Gasteiger partial charge in [-0.15, -0.1) is 11.3 Å². The second-order valence-electron chi connectivity index (χ2n) is 8.19. The Morgan fingerprint density at radius 3 is 2.56 bits per heavy atom. The van der Waals surface area contributed by atoms with Crippen LogP contribution in [0, 0.1) is 0 Å². The Bertz CT molecular complexity index is 867. The molecule has 0 spiro atoms. The summed E-state index contributed by atoms with van der Waals surface area (Å²) in [5, 5.41) is 8.17. The number of rotatable bonds is 11. The van der Waals surface area contributed by atoms with Crippen LogP contribution in [0.25, 0.3) is 0 Å². The van der Waals surface area contributed by atoms with Crippen LogP contribution < -0.4 is 10.6 Å². The van der Waals surface area contributed by atoms with Crippen LogP contribution in [0.5, 0.6) is 0 Å². The SMILES string of the molecule is CCCC(C(=O)NC1CCCC1)N(Cc1ccccc1)C(=O)CCC(=O)Nc1nccs1. The minimum Gasteiger partial charge on any atom is -0.352 e. The Balaban J connectivity index is 1.70. The highest BCUT2D eigenvalue weighted by molar-refractivity contribution is 7.13. The van der Waals surface area contributed by atoms with Crippen LogP contribution in [0.15, 0.2) is 41.9 Å². The molecule has 1 atom stereocenters. The Labute approximate surface area is 193 Å². The second-order valence-corrected chi connectivity index (χ2v) is 9.08. The fourth-order valence-electron chi connectivity index (χ4n) is 4.05. The number of carbonyl (C=O) groups excluding carboxylic acids is 3. The van der Waals surface area contributed by atoms with Crippen molar-refractivity contribution in [2.75, 3.05) is 5.32 Å². The lowest BCUT2D eigenvalue weighted by atomic mass is 10.1. The molecule has 1 unspecified atom stereocenters. The molecule has 0 saturated heterocycles. The topological polar surface area (TPSA) is 91.4 Å². The van der Waals surface area contributed by atoms with Gasteiger partial charge in [0.15, 0.2) is 5.13 Å². The zero-order chi connectivity index (χ0) is 22.8. The molecule has 1 heterocycles. The first-order valence-electron chi connectivity index (χ1n) is 11.4. The maximum Gasteiger partial charge on any atom is 0.243 e. The van der Waals surface area contributed by atoms with Gasteiger partial charge in [0.05, 0.1) is 0 Å². The minimum atomic E-state index is -0.546. The van der Waals surface area contributed by atoms with E-state index in [0.717, 1.165) is 37.7 Å². The van der Waals surface area contributed by atoms with Crippen LogP contribution in [0.2, 0.25) is 0 Å². The molecule has 7 nitrogen and oxygen atoms in total. The van der Waals surface area contributed by atoms with Gasteiger partial charge in [0.25, 0.3) is 0 Å². The Hall–Kier alpha value is -2.74. The zero-order valence-corrected chi connectivity index (χ0v) is 19.4. The smallest absolute Gasteiger partial charge is 0.243 e. The van der Waals surface area contributed by atoms with E-state index >= 15 is 0 Å². The molecule has 1 aromatic carbocycles. The standard InChI is InChI=1S/C24H32N4O3S/c1-2-8-20(23(31)26-19-11-6-7-12-19)28(17-18-9-4-3-5-10-18)22(30)14-13-21(29)27-24-25-15-16-32-24/h3-5,9-10,15-16,19-20H,2,6-8,11-14,17H2,1H3,(H,26,31)(H,25,27,29). The van der Waals surface area contributed by atoms with Crippen molar-refractivity contribution in [2.24, 2.45) is 0 Å². The summed E-state index contributed by atoms with van der Waals surface area (Å²) in [5.74, 6) is -0.533. The van der Waals surface area contributed by atoms with Crippen LogP contribution in [0.4, 0.5) is 5.13 Å². The Morgan fingerprint density at radius 1 is 1.16 bits per heavy atom. The highest BCUT2D eigenvalue weighted by Crippen LogP contribution is 2.20. The van der Waals surface area contributed by atoms with Crippen molar-refractivity contribution >= 4 is 34.2 Å². The quantitative estimate of drug-likeness (QED) is 0.532. The number of thiazole rings is 1. The molecule has 1 aromatic heterocycles. The van der Waals surface area contributed by atoms with Gasteiger partial charge in [-0.05, 0) is 24.8 Å². The van der Waals surface area contributed by atoms with Crippen molar-refractivity contribution in [3.05, 3.63) is 47.5 Å². The highest BCUT2D eigenvalue weighted by atomic mass is 32.1. The molecule has 1 aliphatic rings. The maximum atomic E-state index is 13.3. The summed E-state index contributed by atoms with van der Waals surface area (Å²) in [5.41, 5.74) is 0.961. The lowest BCUT2D eigenvalue weighted by Gasteiger charge is -2.32. The van der Waals surface area contributed by atoms with Gasteiger partial charge in [0.1, 0.15) is 6.04 Å². The van der Waals surface area contributed by atoms with Crippen molar-refractivity contribution in [1.82, 2.24) is 15.2 Å². The molecule has 0 bridgehead atoms. The Kier molecular flexibility index (Phi) is 9.22. The molecule has 172 valence electrons. The van der Waals surface area contributed by atoms with E-state index < -0.39 is 6.04 Å². The predicted octanol–water partition coefficient (Wildman–Crippen LogP) is 4.12. The van der Waals surface area contributed by atoms with Crippen LogP contribution >= 0.6 is 11.3 Å². The van der Waals surface area contributed by atoms with Crippen molar-refractivity contribution in [1.29, 1.82) is 0 Å². The van der Waals surface area contributed by atoms with Gasteiger partial charge in [-0.3, -0.25) is 14.4 Å². The van der Waals surface area contributed by atoms with E-state index in [1.54, 1.807) is 16.5 Å². The summed E-state index contributed by atoms with van der Waals surface area (Å²) >= 11 is 1.33.